The van der Waals surface area contributed by atoms with Crippen LogP contribution in [0.25, 0.3) is 0 Å². The van der Waals surface area contributed by atoms with Crippen LogP contribution in [0.15, 0.2) is 18.2 Å². The Kier molecular flexibility index (Phi) is 4.57. The molecule has 80 valence electrons. The van der Waals surface area contributed by atoms with E-state index in [0.717, 1.165) is 5.56 Å². The molecule has 2 nitrogen and oxygen atoms in total. The standard InChI is InChI=1S/C11H12BrFN2/c1-15(7-3-6-14)11-9(8-12)4-2-5-10(11)13/h2,4-5H,3,7-8H2,1H3. The molecular formula is C11H12BrFN2. The van der Waals surface area contributed by atoms with Gasteiger partial charge in [0.15, 0.2) is 0 Å². The van der Waals surface area contributed by atoms with E-state index in [2.05, 4.69) is 15.9 Å². The predicted molar refractivity (Wildman–Crippen MR) is 62.5 cm³/mol. The Morgan fingerprint density at radius 1 is 1.53 bits per heavy atom. The van der Waals surface area contributed by atoms with Gasteiger partial charge in [-0.2, -0.15) is 5.26 Å². The third-order valence-corrected chi connectivity index (χ3v) is 2.76. The van der Waals surface area contributed by atoms with Crippen LogP contribution in [0.4, 0.5) is 10.1 Å². The first-order valence-corrected chi connectivity index (χ1v) is 5.74. The molecule has 0 unspecified atom stereocenters. The number of para-hydroxylation sites is 1. The van der Waals surface area contributed by atoms with Crippen molar-refractivity contribution >= 4 is 21.6 Å². The fraction of sp³-hybridized carbons (Fsp3) is 0.364. The second-order valence-electron chi connectivity index (χ2n) is 3.21. The molecule has 4 heteroatoms. The van der Waals surface area contributed by atoms with Crippen LogP contribution in [0.2, 0.25) is 0 Å². The van der Waals surface area contributed by atoms with Crippen LogP contribution in [-0.4, -0.2) is 13.6 Å². The molecule has 1 aromatic rings. The van der Waals surface area contributed by atoms with Gasteiger partial charge in [-0.25, -0.2) is 4.39 Å². The van der Waals surface area contributed by atoms with Gasteiger partial charge in [0.1, 0.15) is 5.82 Å². The Morgan fingerprint density at radius 2 is 2.27 bits per heavy atom. The van der Waals surface area contributed by atoms with Gasteiger partial charge in [-0.15, -0.1) is 0 Å². The number of hydrogen-bond donors (Lipinski definition) is 0. The second-order valence-corrected chi connectivity index (χ2v) is 3.77. The first-order valence-electron chi connectivity index (χ1n) is 4.62. The number of hydrogen-bond acceptors (Lipinski definition) is 2. The molecule has 0 aromatic heterocycles. The topological polar surface area (TPSA) is 27.0 Å². The zero-order valence-electron chi connectivity index (χ0n) is 8.50. The predicted octanol–water partition coefficient (Wildman–Crippen LogP) is 3.07. The third kappa shape index (κ3) is 2.93. The van der Waals surface area contributed by atoms with E-state index in [0.29, 0.717) is 24.0 Å². The van der Waals surface area contributed by atoms with E-state index in [1.54, 1.807) is 18.0 Å². The number of halogens is 2. The highest BCUT2D eigenvalue weighted by molar-refractivity contribution is 9.08. The largest absolute Gasteiger partial charge is 0.371 e. The summed E-state index contributed by atoms with van der Waals surface area (Å²) < 4.78 is 13.6. The van der Waals surface area contributed by atoms with Crippen molar-refractivity contribution in [1.29, 1.82) is 5.26 Å². The summed E-state index contributed by atoms with van der Waals surface area (Å²) in [5, 5.41) is 9.09. The Balaban J connectivity index is 2.96. The molecule has 0 aliphatic rings. The second kappa shape index (κ2) is 5.72. The number of alkyl halides is 1. The van der Waals surface area contributed by atoms with E-state index in [4.69, 9.17) is 5.26 Å². The zero-order valence-corrected chi connectivity index (χ0v) is 10.1. The molecule has 15 heavy (non-hydrogen) atoms. The highest BCUT2D eigenvalue weighted by Gasteiger charge is 2.11. The smallest absolute Gasteiger partial charge is 0.146 e. The van der Waals surface area contributed by atoms with Crippen molar-refractivity contribution in [3.63, 3.8) is 0 Å². The van der Waals surface area contributed by atoms with Crippen molar-refractivity contribution in [2.45, 2.75) is 11.8 Å². The highest BCUT2D eigenvalue weighted by Crippen LogP contribution is 2.25. The van der Waals surface area contributed by atoms with Crippen molar-refractivity contribution in [2.24, 2.45) is 0 Å². The van der Waals surface area contributed by atoms with Crippen LogP contribution in [0, 0.1) is 17.1 Å². The minimum absolute atomic E-state index is 0.243. The van der Waals surface area contributed by atoms with Crippen LogP contribution in [-0.2, 0) is 5.33 Å². The van der Waals surface area contributed by atoms with Crippen LogP contribution < -0.4 is 4.90 Å². The van der Waals surface area contributed by atoms with E-state index in [9.17, 15) is 4.39 Å². The van der Waals surface area contributed by atoms with Gasteiger partial charge in [-0.05, 0) is 11.6 Å². The molecule has 1 rings (SSSR count). The molecular weight excluding hydrogens is 259 g/mol. The summed E-state index contributed by atoms with van der Waals surface area (Å²) in [6.45, 7) is 0.539. The van der Waals surface area contributed by atoms with Crippen molar-refractivity contribution in [1.82, 2.24) is 0 Å². The molecule has 0 atom stereocenters. The van der Waals surface area contributed by atoms with Gasteiger partial charge < -0.3 is 4.90 Å². The van der Waals surface area contributed by atoms with E-state index < -0.39 is 0 Å². The van der Waals surface area contributed by atoms with Gasteiger partial charge in [0.2, 0.25) is 0 Å². The van der Waals surface area contributed by atoms with Gasteiger partial charge in [-0.3, -0.25) is 0 Å². The summed E-state index contributed by atoms with van der Waals surface area (Å²) in [6, 6.07) is 7.04. The minimum Gasteiger partial charge on any atom is -0.371 e. The van der Waals surface area contributed by atoms with Gasteiger partial charge in [0, 0.05) is 18.9 Å². The normalized spacial score (nSPS) is 9.73. The fourth-order valence-electron chi connectivity index (χ4n) is 1.42. The summed E-state index contributed by atoms with van der Waals surface area (Å²) >= 11 is 3.32. The first-order chi connectivity index (χ1) is 7.20. The quantitative estimate of drug-likeness (QED) is 0.787. The average molecular weight is 271 g/mol. The molecule has 0 amide bonds. The Bertz CT molecular complexity index is 373. The van der Waals surface area contributed by atoms with E-state index in [1.165, 1.54) is 6.07 Å². The maximum absolute atomic E-state index is 13.6. The Labute approximate surface area is 97.4 Å². The maximum Gasteiger partial charge on any atom is 0.146 e. The van der Waals surface area contributed by atoms with Gasteiger partial charge in [0.25, 0.3) is 0 Å². The van der Waals surface area contributed by atoms with Crippen LogP contribution >= 0.6 is 15.9 Å². The SMILES string of the molecule is CN(CCC#N)c1c(F)cccc1CBr. The lowest BCUT2D eigenvalue weighted by Gasteiger charge is -2.21. The molecule has 0 aliphatic carbocycles. The average Bonchev–Trinajstić information content (AvgIpc) is 2.25. The number of nitriles is 1. The molecule has 0 N–H and O–H groups in total. The number of anilines is 1. The first kappa shape index (κ1) is 12.0. The summed E-state index contributed by atoms with van der Waals surface area (Å²) in [7, 11) is 1.79. The lowest BCUT2D eigenvalue weighted by molar-refractivity contribution is 0.621. The van der Waals surface area contributed by atoms with Crippen molar-refractivity contribution in [3.8, 4) is 6.07 Å². The zero-order chi connectivity index (χ0) is 11.3. The summed E-state index contributed by atoms with van der Waals surface area (Å²) in [4.78, 5) is 1.77. The summed E-state index contributed by atoms with van der Waals surface area (Å²) in [5.41, 5.74) is 1.47. The van der Waals surface area contributed by atoms with Gasteiger partial charge >= 0.3 is 0 Å². The maximum atomic E-state index is 13.6. The lowest BCUT2D eigenvalue weighted by Crippen LogP contribution is -2.20. The van der Waals surface area contributed by atoms with Crippen molar-refractivity contribution in [3.05, 3.63) is 29.6 Å². The number of benzene rings is 1. The lowest BCUT2D eigenvalue weighted by atomic mass is 10.1. The Hall–Kier alpha value is -1.08. The monoisotopic (exact) mass is 270 g/mol. The summed E-state index contributed by atoms with van der Waals surface area (Å²) in [5.74, 6) is -0.243. The highest BCUT2D eigenvalue weighted by atomic mass is 79.9. The molecule has 1 aromatic carbocycles. The van der Waals surface area contributed by atoms with E-state index >= 15 is 0 Å². The molecule has 0 spiro atoms. The van der Waals surface area contributed by atoms with Crippen molar-refractivity contribution < 1.29 is 4.39 Å². The fourth-order valence-corrected chi connectivity index (χ4v) is 1.88. The number of rotatable bonds is 4. The van der Waals surface area contributed by atoms with E-state index in [1.807, 2.05) is 12.1 Å². The summed E-state index contributed by atoms with van der Waals surface area (Å²) in [6.07, 6.45) is 0.395. The molecule has 0 heterocycles. The minimum atomic E-state index is -0.243. The Morgan fingerprint density at radius 3 is 2.87 bits per heavy atom. The number of nitrogens with zero attached hydrogens (tertiary/aromatic N) is 2. The van der Waals surface area contributed by atoms with Crippen LogP contribution in [0.5, 0.6) is 0 Å². The molecule has 0 radical (unpaired) electrons. The van der Waals surface area contributed by atoms with Crippen LogP contribution in [0.1, 0.15) is 12.0 Å². The molecule has 0 aliphatic heterocycles. The van der Waals surface area contributed by atoms with Crippen molar-refractivity contribution in [2.75, 3.05) is 18.5 Å². The van der Waals surface area contributed by atoms with E-state index in [-0.39, 0.29) is 5.82 Å². The molecule has 0 saturated heterocycles. The molecule has 0 bridgehead atoms. The van der Waals surface area contributed by atoms with Crippen LogP contribution in [0.3, 0.4) is 0 Å². The van der Waals surface area contributed by atoms with Gasteiger partial charge in [-0.1, -0.05) is 28.1 Å². The van der Waals surface area contributed by atoms with Gasteiger partial charge in [0.05, 0.1) is 18.2 Å². The molecule has 0 saturated carbocycles. The molecule has 0 fully saturated rings. The third-order valence-electron chi connectivity index (χ3n) is 2.16.